The van der Waals surface area contributed by atoms with Crippen LogP contribution in [-0.4, -0.2) is 60.2 Å². The molecule has 0 fully saturated rings. The van der Waals surface area contributed by atoms with Crippen LogP contribution in [-0.2, 0) is 9.59 Å². The van der Waals surface area contributed by atoms with Crippen LogP contribution in [0, 0.1) is 0 Å². The molecule has 1 aromatic carbocycles. The molecule has 4 amide bonds. The zero-order chi connectivity index (χ0) is 17.7. The molecule has 1 aliphatic rings. The van der Waals surface area contributed by atoms with E-state index in [1.807, 2.05) is 0 Å². The molecule has 0 aromatic heterocycles. The summed E-state index contributed by atoms with van der Waals surface area (Å²) in [5.74, 6) is -0.898. The lowest BCUT2D eigenvalue weighted by Crippen LogP contribution is -2.38. The van der Waals surface area contributed by atoms with Crippen molar-refractivity contribution in [3.8, 4) is 0 Å². The Labute approximate surface area is 148 Å². The molecule has 0 saturated carbocycles. The van der Waals surface area contributed by atoms with Gasteiger partial charge in [-0.15, -0.1) is 11.8 Å². The van der Waals surface area contributed by atoms with Crippen molar-refractivity contribution in [1.82, 2.24) is 15.5 Å². The highest BCUT2D eigenvalue weighted by Crippen LogP contribution is 2.25. The number of carbonyl (C=O) groups excluding carboxylic acids is 4. The minimum absolute atomic E-state index is 0.0792. The summed E-state index contributed by atoms with van der Waals surface area (Å²) in [5, 5.41) is 5.46. The van der Waals surface area contributed by atoms with Crippen LogP contribution in [0.25, 0.3) is 0 Å². The summed E-state index contributed by atoms with van der Waals surface area (Å²) in [4.78, 5) is 48.1. The third-order valence-electron chi connectivity index (χ3n) is 3.34. The number of thioether (sulfide) groups is 1. The Balaban J connectivity index is 1.79. The lowest BCUT2D eigenvalue weighted by Gasteiger charge is -2.14. The fraction of sp³-hybridized carbons (Fsp3) is 0.333. The molecular formula is C15H16ClN3O4S. The van der Waals surface area contributed by atoms with Crippen molar-refractivity contribution < 1.29 is 19.2 Å². The van der Waals surface area contributed by atoms with Gasteiger partial charge in [-0.3, -0.25) is 24.1 Å². The standard InChI is InChI=1S/C15H16ClN3O4S/c1-17-12(20)7-24-8-13(21)18-4-5-19-14(22)10-3-2-9(16)6-11(10)15(19)23/h2-3,6H,4-5,7-8H2,1H3,(H,17,20)(H,18,21). The lowest BCUT2D eigenvalue weighted by atomic mass is 10.1. The summed E-state index contributed by atoms with van der Waals surface area (Å²) in [6, 6.07) is 4.54. The number of carbonyl (C=O) groups is 4. The molecule has 24 heavy (non-hydrogen) atoms. The zero-order valence-electron chi connectivity index (χ0n) is 12.9. The van der Waals surface area contributed by atoms with Gasteiger partial charge in [-0.1, -0.05) is 11.6 Å². The molecule has 1 aromatic rings. The van der Waals surface area contributed by atoms with Gasteiger partial charge < -0.3 is 10.6 Å². The normalized spacial score (nSPS) is 13.0. The largest absolute Gasteiger partial charge is 0.358 e. The van der Waals surface area contributed by atoms with E-state index in [1.54, 1.807) is 6.07 Å². The predicted molar refractivity (Wildman–Crippen MR) is 91.2 cm³/mol. The van der Waals surface area contributed by atoms with E-state index in [4.69, 9.17) is 11.6 Å². The van der Waals surface area contributed by atoms with Gasteiger partial charge in [0, 0.05) is 25.2 Å². The van der Waals surface area contributed by atoms with Crippen LogP contribution < -0.4 is 10.6 Å². The molecular weight excluding hydrogens is 354 g/mol. The van der Waals surface area contributed by atoms with Crippen LogP contribution in [0.4, 0.5) is 0 Å². The molecule has 0 saturated heterocycles. The Kier molecular flexibility index (Phi) is 6.22. The van der Waals surface area contributed by atoms with E-state index in [0.29, 0.717) is 10.6 Å². The van der Waals surface area contributed by atoms with E-state index >= 15 is 0 Å². The minimum Gasteiger partial charge on any atom is -0.358 e. The maximum Gasteiger partial charge on any atom is 0.261 e. The molecule has 1 heterocycles. The molecule has 0 unspecified atom stereocenters. The number of benzene rings is 1. The van der Waals surface area contributed by atoms with E-state index in [0.717, 1.165) is 4.90 Å². The van der Waals surface area contributed by atoms with Gasteiger partial charge in [-0.2, -0.15) is 0 Å². The van der Waals surface area contributed by atoms with E-state index in [1.165, 1.54) is 30.9 Å². The van der Waals surface area contributed by atoms with Crippen molar-refractivity contribution in [2.75, 3.05) is 31.6 Å². The van der Waals surface area contributed by atoms with E-state index in [-0.39, 0.29) is 42.0 Å². The molecule has 128 valence electrons. The first-order valence-corrected chi connectivity index (χ1v) is 8.68. The molecule has 0 spiro atoms. The fourth-order valence-electron chi connectivity index (χ4n) is 2.13. The topological polar surface area (TPSA) is 95.6 Å². The summed E-state index contributed by atoms with van der Waals surface area (Å²) >= 11 is 7.02. The lowest BCUT2D eigenvalue weighted by molar-refractivity contribution is -0.118. The first-order valence-electron chi connectivity index (χ1n) is 7.14. The number of amides is 4. The Bertz CT molecular complexity index is 695. The highest BCUT2D eigenvalue weighted by atomic mass is 35.5. The average molecular weight is 370 g/mol. The minimum atomic E-state index is -0.416. The second-order valence-corrected chi connectivity index (χ2v) is 6.39. The third-order valence-corrected chi connectivity index (χ3v) is 4.50. The van der Waals surface area contributed by atoms with Crippen molar-refractivity contribution in [2.24, 2.45) is 0 Å². The average Bonchev–Trinajstić information content (AvgIpc) is 2.79. The van der Waals surface area contributed by atoms with Crippen molar-refractivity contribution in [3.05, 3.63) is 34.3 Å². The van der Waals surface area contributed by atoms with Crippen molar-refractivity contribution in [2.45, 2.75) is 0 Å². The first-order chi connectivity index (χ1) is 11.4. The van der Waals surface area contributed by atoms with Crippen LogP contribution >= 0.6 is 23.4 Å². The maximum absolute atomic E-state index is 12.2. The van der Waals surface area contributed by atoms with Gasteiger partial charge in [0.05, 0.1) is 22.6 Å². The quantitative estimate of drug-likeness (QED) is 0.684. The highest BCUT2D eigenvalue weighted by molar-refractivity contribution is 8.00. The second-order valence-electron chi connectivity index (χ2n) is 4.97. The molecule has 7 nitrogen and oxygen atoms in total. The second kappa shape index (κ2) is 8.16. The van der Waals surface area contributed by atoms with Gasteiger partial charge in [-0.05, 0) is 18.2 Å². The van der Waals surface area contributed by atoms with Crippen molar-refractivity contribution >= 4 is 47.0 Å². The number of hydrogen-bond acceptors (Lipinski definition) is 5. The van der Waals surface area contributed by atoms with Crippen molar-refractivity contribution in [1.29, 1.82) is 0 Å². The van der Waals surface area contributed by atoms with Crippen LogP contribution in [0.15, 0.2) is 18.2 Å². The van der Waals surface area contributed by atoms with Crippen molar-refractivity contribution in [3.63, 3.8) is 0 Å². The van der Waals surface area contributed by atoms with E-state index in [9.17, 15) is 19.2 Å². The molecule has 9 heteroatoms. The van der Waals surface area contributed by atoms with Crippen LogP contribution in [0.3, 0.4) is 0 Å². The smallest absolute Gasteiger partial charge is 0.261 e. The molecule has 1 aliphatic heterocycles. The van der Waals surface area contributed by atoms with Gasteiger partial charge in [-0.25, -0.2) is 0 Å². The summed E-state index contributed by atoms with van der Waals surface area (Å²) in [5.41, 5.74) is 0.594. The van der Waals surface area contributed by atoms with E-state index in [2.05, 4.69) is 10.6 Å². The Morgan fingerprint density at radius 3 is 2.50 bits per heavy atom. The number of nitrogens with zero attached hydrogens (tertiary/aromatic N) is 1. The number of hydrogen-bond donors (Lipinski definition) is 2. The van der Waals surface area contributed by atoms with Gasteiger partial charge >= 0.3 is 0 Å². The summed E-state index contributed by atoms with van der Waals surface area (Å²) in [6.07, 6.45) is 0. The molecule has 0 atom stereocenters. The zero-order valence-corrected chi connectivity index (χ0v) is 14.5. The van der Waals surface area contributed by atoms with Crippen LogP contribution in [0.5, 0.6) is 0 Å². The number of imide groups is 1. The molecule has 2 rings (SSSR count). The van der Waals surface area contributed by atoms with Gasteiger partial charge in [0.15, 0.2) is 0 Å². The Morgan fingerprint density at radius 1 is 1.12 bits per heavy atom. The molecule has 0 aliphatic carbocycles. The third kappa shape index (κ3) is 4.27. The highest BCUT2D eigenvalue weighted by Gasteiger charge is 2.35. The predicted octanol–water partition coefficient (Wildman–Crippen LogP) is 0.531. The number of halogens is 1. The number of fused-ring (bicyclic) bond motifs is 1. The fourth-order valence-corrected chi connectivity index (χ4v) is 3.02. The monoisotopic (exact) mass is 369 g/mol. The number of rotatable bonds is 7. The summed E-state index contributed by atoms with van der Waals surface area (Å²) in [7, 11) is 1.53. The van der Waals surface area contributed by atoms with Gasteiger partial charge in [0.1, 0.15) is 0 Å². The SMILES string of the molecule is CNC(=O)CSCC(=O)NCCN1C(=O)c2ccc(Cl)cc2C1=O. The summed E-state index contributed by atoms with van der Waals surface area (Å²) in [6.45, 7) is 0.231. The number of nitrogens with one attached hydrogen (secondary N) is 2. The van der Waals surface area contributed by atoms with Gasteiger partial charge in [0.25, 0.3) is 11.8 Å². The maximum atomic E-state index is 12.2. The van der Waals surface area contributed by atoms with Crippen LogP contribution in [0.1, 0.15) is 20.7 Å². The van der Waals surface area contributed by atoms with Gasteiger partial charge in [0.2, 0.25) is 11.8 Å². The molecule has 0 bridgehead atoms. The summed E-state index contributed by atoms with van der Waals surface area (Å²) < 4.78 is 0. The molecule has 0 radical (unpaired) electrons. The first kappa shape index (κ1) is 18.3. The Morgan fingerprint density at radius 2 is 1.79 bits per heavy atom. The van der Waals surface area contributed by atoms with Crippen LogP contribution in [0.2, 0.25) is 5.02 Å². The molecule has 2 N–H and O–H groups in total. The Hall–Kier alpha value is -2.06. The van der Waals surface area contributed by atoms with E-state index < -0.39 is 11.8 Å².